The molecule has 3 rings (SSSR count). The average Bonchev–Trinajstić information content (AvgIpc) is 2.68. The van der Waals surface area contributed by atoms with Gasteiger partial charge < -0.3 is 9.64 Å². The van der Waals surface area contributed by atoms with Crippen LogP contribution in [0.4, 0.5) is 13.2 Å². The Morgan fingerprint density at radius 3 is 2.37 bits per heavy atom. The molecule has 1 aromatic carbocycles. The van der Waals surface area contributed by atoms with Crippen LogP contribution in [0.2, 0.25) is 0 Å². The molecule has 27 heavy (non-hydrogen) atoms. The Morgan fingerprint density at radius 1 is 0.963 bits per heavy atom. The largest absolute Gasteiger partial charge is 0.493 e. The van der Waals surface area contributed by atoms with Crippen molar-refractivity contribution < 1.29 is 17.9 Å². The molecule has 0 radical (unpaired) electrons. The Labute approximate surface area is 159 Å². The number of allylic oxidation sites excluding steroid dienone is 3. The summed E-state index contributed by atoms with van der Waals surface area (Å²) < 4.78 is 44.2. The van der Waals surface area contributed by atoms with Crippen molar-refractivity contribution in [1.29, 1.82) is 0 Å². The van der Waals surface area contributed by atoms with E-state index in [2.05, 4.69) is 22.0 Å². The standard InChI is InChI=1S/C21H27F3N2O/c22-21(23,24)19-6-4-5-18(17-19)9-10-25-11-13-26(14-12-25)15-16-27-20-7-2-1-3-8-20/h2,4-8,17H,1,3,9-16H2. The van der Waals surface area contributed by atoms with Gasteiger partial charge in [0.2, 0.25) is 0 Å². The fourth-order valence-electron chi connectivity index (χ4n) is 3.42. The molecular weight excluding hydrogens is 353 g/mol. The molecule has 1 fully saturated rings. The van der Waals surface area contributed by atoms with Crippen molar-refractivity contribution in [3.05, 3.63) is 59.4 Å². The normalized spacial score (nSPS) is 19.1. The second-order valence-corrected chi connectivity index (χ2v) is 7.07. The summed E-state index contributed by atoms with van der Waals surface area (Å²) in [6.45, 7) is 6.24. The number of hydrogen-bond donors (Lipinski definition) is 0. The summed E-state index contributed by atoms with van der Waals surface area (Å²) in [5.41, 5.74) is 0.183. The molecule has 1 aromatic rings. The van der Waals surface area contributed by atoms with Gasteiger partial charge in [-0.15, -0.1) is 0 Å². The van der Waals surface area contributed by atoms with Crippen molar-refractivity contribution in [1.82, 2.24) is 9.80 Å². The Hall–Kier alpha value is -1.79. The quantitative estimate of drug-likeness (QED) is 0.708. The molecule has 0 bridgehead atoms. The van der Waals surface area contributed by atoms with Gasteiger partial charge in [-0.05, 0) is 43.0 Å². The molecule has 1 aliphatic heterocycles. The first kappa shape index (κ1) is 20.0. The van der Waals surface area contributed by atoms with E-state index < -0.39 is 11.7 Å². The van der Waals surface area contributed by atoms with Gasteiger partial charge >= 0.3 is 6.18 Å². The van der Waals surface area contributed by atoms with E-state index in [0.29, 0.717) is 13.0 Å². The molecule has 2 aliphatic rings. The molecule has 0 amide bonds. The Morgan fingerprint density at radius 2 is 1.70 bits per heavy atom. The highest BCUT2D eigenvalue weighted by molar-refractivity contribution is 5.25. The molecule has 3 nitrogen and oxygen atoms in total. The van der Waals surface area contributed by atoms with Crippen molar-refractivity contribution in [2.24, 2.45) is 0 Å². The van der Waals surface area contributed by atoms with Gasteiger partial charge in [0.25, 0.3) is 0 Å². The molecule has 0 unspecified atom stereocenters. The first-order chi connectivity index (χ1) is 13.0. The molecule has 0 aromatic heterocycles. The topological polar surface area (TPSA) is 15.7 Å². The molecular formula is C21H27F3N2O. The lowest BCUT2D eigenvalue weighted by molar-refractivity contribution is -0.137. The second kappa shape index (κ2) is 9.42. The maximum absolute atomic E-state index is 12.8. The zero-order valence-corrected chi connectivity index (χ0v) is 15.5. The Kier molecular flexibility index (Phi) is 6.96. The van der Waals surface area contributed by atoms with Crippen molar-refractivity contribution in [2.75, 3.05) is 45.9 Å². The lowest BCUT2D eigenvalue weighted by Gasteiger charge is -2.34. The summed E-state index contributed by atoms with van der Waals surface area (Å²) in [6.07, 6.45) is 4.83. The lowest BCUT2D eigenvalue weighted by Crippen LogP contribution is -2.47. The Bertz CT molecular complexity index is 662. The average molecular weight is 380 g/mol. The highest BCUT2D eigenvalue weighted by atomic mass is 19.4. The van der Waals surface area contributed by atoms with Gasteiger partial charge in [-0.3, -0.25) is 4.90 Å². The number of rotatable bonds is 7. The van der Waals surface area contributed by atoms with Crippen LogP contribution in [0.5, 0.6) is 0 Å². The zero-order valence-electron chi connectivity index (χ0n) is 15.5. The van der Waals surface area contributed by atoms with Crippen LogP contribution in [0, 0.1) is 0 Å². The number of alkyl halides is 3. The minimum absolute atomic E-state index is 0.562. The monoisotopic (exact) mass is 380 g/mol. The van der Waals surface area contributed by atoms with E-state index in [1.54, 1.807) is 6.07 Å². The number of piperazine rings is 1. The van der Waals surface area contributed by atoms with E-state index in [-0.39, 0.29) is 0 Å². The lowest BCUT2D eigenvalue weighted by atomic mass is 10.1. The van der Waals surface area contributed by atoms with Crippen molar-refractivity contribution in [3.8, 4) is 0 Å². The van der Waals surface area contributed by atoms with E-state index in [0.717, 1.165) is 69.5 Å². The van der Waals surface area contributed by atoms with Gasteiger partial charge in [0.15, 0.2) is 0 Å². The molecule has 0 atom stereocenters. The first-order valence-corrected chi connectivity index (χ1v) is 9.61. The van der Waals surface area contributed by atoms with Crippen LogP contribution in [-0.2, 0) is 17.3 Å². The molecule has 0 N–H and O–H groups in total. The third-order valence-corrected chi connectivity index (χ3v) is 5.07. The van der Waals surface area contributed by atoms with Crippen LogP contribution in [0.3, 0.4) is 0 Å². The first-order valence-electron chi connectivity index (χ1n) is 9.61. The van der Waals surface area contributed by atoms with E-state index in [9.17, 15) is 13.2 Å². The van der Waals surface area contributed by atoms with Crippen LogP contribution in [0.15, 0.2) is 48.3 Å². The van der Waals surface area contributed by atoms with Crippen molar-refractivity contribution in [3.63, 3.8) is 0 Å². The number of halogens is 3. The molecule has 6 heteroatoms. The van der Waals surface area contributed by atoms with Gasteiger partial charge in [0.1, 0.15) is 12.4 Å². The number of hydrogen-bond acceptors (Lipinski definition) is 3. The minimum Gasteiger partial charge on any atom is -0.493 e. The fourth-order valence-corrected chi connectivity index (χ4v) is 3.42. The number of ether oxygens (including phenoxy) is 1. The summed E-state index contributed by atoms with van der Waals surface area (Å²) in [5.74, 6) is 0.973. The van der Waals surface area contributed by atoms with E-state index >= 15 is 0 Å². The predicted octanol–water partition coefficient (Wildman–Crippen LogP) is 4.12. The summed E-state index contributed by atoms with van der Waals surface area (Å²) in [4.78, 5) is 4.71. The molecule has 0 spiro atoms. The molecule has 1 heterocycles. The van der Waals surface area contributed by atoms with Gasteiger partial charge in [-0.25, -0.2) is 0 Å². The van der Waals surface area contributed by atoms with Gasteiger partial charge in [-0.2, -0.15) is 13.2 Å². The SMILES string of the molecule is FC(F)(F)c1cccc(CCN2CCN(CCOC3=CCCC=C3)CC2)c1. The maximum atomic E-state index is 12.8. The van der Waals surface area contributed by atoms with Crippen LogP contribution >= 0.6 is 0 Å². The summed E-state index contributed by atoms with van der Waals surface area (Å²) in [6, 6.07) is 5.66. The summed E-state index contributed by atoms with van der Waals surface area (Å²) >= 11 is 0. The van der Waals surface area contributed by atoms with Gasteiger partial charge in [-0.1, -0.05) is 24.3 Å². The van der Waals surface area contributed by atoms with E-state index in [1.165, 1.54) is 12.1 Å². The molecule has 1 aliphatic carbocycles. The van der Waals surface area contributed by atoms with Crippen LogP contribution in [0.1, 0.15) is 24.0 Å². The van der Waals surface area contributed by atoms with Gasteiger partial charge in [0.05, 0.1) is 5.56 Å². The number of nitrogens with zero attached hydrogens (tertiary/aromatic N) is 2. The smallest absolute Gasteiger partial charge is 0.416 e. The third kappa shape index (κ3) is 6.40. The van der Waals surface area contributed by atoms with Crippen molar-refractivity contribution in [2.45, 2.75) is 25.4 Å². The predicted molar refractivity (Wildman–Crippen MR) is 100 cm³/mol. The fraction of sp³-hybridized carbons (Fsp3) is 0.524. The summed E-state index contributed by atoms with van der Waals surface area (Å²) in [7, 11) is 0. The number of benzene rings is 1. The van der Waals surface area contributed by atoms with E-state index in [1.807, 2.05) is 6.08 Å². The third-order valence-electron chi connectivity index (χ3n) is 5.07. The summed E-state index contributed by atoms with van der Waals surface area (Å²) in [5, 5.41) is 0. The zero-order chi connectivity index (χ0) is 19.1. The minimum atomic E-state index is -4.27. The van der Waals surface area contributed by atoms with Crippen LogP contribution < -0.4 is 0 Å². The molecule has 1 saturated heterocycles. The molecule has 0 saturated carbocycles. The highest BCUT2D eigenvalue weighted by Crippen LogP contribution is 2.29. The maximum Gasteiger partial charge on any atom is 0.416 e. The molecule has 148 valence electrons. The van der Waals surface area contributed by atoms with Crippen LogP contribution in [-0.4, -0.2) is 55.7 Å². The Balaban J connectivity index is 1.35. The second-order valence-electron chi connectivity index (χ2n) is 7.07. The van der Waals surface area contributed by atoms with Gasteiger partial charge in [0, 0.05) is 39.3 Å². The van der Waals surface area contributed by atoms with E-state index in [4.69, 9.17) is 4.74 Å². The van der Waals surface area contributed by atoms with Crippen LogP contribution in [0.25, 0.3) is 0 Å². The highest BCUT2D eigenvalue weighted by Gasteiger charge is 2.30. The van der Waals surface area contributed by atoms with Crippen molar-refractivity contribution >= 4 is 0 Å².